The third-order valence-corrected chi connectivity index (χ3v) is 5.65. The van der Waals surface area contributed by atoms with Crippen LogP contribution in [0.3, 0.4) is 0 Å². The predicted molar refractivity (Wildman–Crippen MR) is 110 cm³/mol. The lowest BCUT2D eigenvalue weighted by atomic mass is 9.91. The van der Waals surface area contributed by atoms with Crippen molar-refractivity contribution in [2.24, 2.45) is 5.92 Å². The molecule has 0 aliphatic carbocycles. The summed E-state index contributed by atoms with van der Waals surface area (Å²) in [6.07, 6.45) is 6.95. The van der Waals surface area contributed by atoms with Crippen molar-refractivity contribution in [1.82, 2.24) is 15.7 Å². The van der Waals surface area contributed by atoms with Crippen LogP contribution in [0.4, 0.5) is 4.79 Å². The first kappa shape index (κ1) is 21.6. The Labute approximate surface area is 173 Å². The van der Waals surface area contributed by atoms with E-state index in [1.807, 2.05) is 35.2 Å². The highest BCUT2D eigenvalue weighted by Crippen LogP contribution is 2.22. The smallest absolute Gasteiger partial charge is 0.317 e. The van der Waals surface area contributed by atoms with Gasteiger partial charge >= 0.3 is 6.03 Å². The van der Waals surface area contributed by atoms with Gasteiger partial charge in [0.2, 0.25) is 5.91 Å². The minimum Gasteiger partial charge on any atom is -0.350 e. The summed E-state index contributed by atoms with van der Waals surface area (Å²) < 4.78 is 5.43. The number of benzene rings is 1. The van der Waals surface area contributed by atoms with Crippen molar-refractivity contribution >= 4 is 11.9 Å². The maximum absolute atomic E-state index is 12.3. The molecular weight excluding hydrogens is 370 g/mol. The lowest BCUT2D eigenvalue weighted by Gasteiger charge is -2.32. The SMILES string of the molecule is O=C(CCCC1CCN(C(=O)NCc2ccccc2)CC1)NOC1CCCCO1. The van der Waals surface area contributed by atoms with E-state index < -0.39 is 0 Å². The average Bonchev–Trinajstić information content (AvgIpc) is 2.78. The van der Waals surface area contributed by atoms with Gasteiger partial charge in [0.15, 0.2) is 6.29 Å². The molecule has 160 valence electrons. The van der Waals surface area contributed by atoms with Crippen molar-refractivity contribution in [2.75, 3.05) is 19.7 Å². The van der Waals surface area contributed by atoms with Gasteiger partial charge in [0.25, 0.3) is 0 Å². The molecule has 1 unspecified atom stereocenters. The Bertz CT molecular complexity index is 626. The molecule has 0 radical (unpaired) electrons. The summed E-state index contributed by atoms with van der Waals surface area (Å²) in [7, 11) is 0. The fraction of sp³-hybridized carbons (Fsp3) is 0.636. The van der Waals surface area contributed by atoms with Gasteiger partial charge in [-0.1, -0.05) is 30.3 Å². The third kappa shape index (κ3) is 7.66. The zero-order chi connectivity index (χ0) is 20.3. The Morgan fingerprint density at radius 3 is 2.62 bits per heavy atom. The second-order valence-electron chi connectivity index (χ2n) is 7.91. The minimum atomic E-state index is -0.301. The number of carbonyl (C=O) groups is 2. The van der Waals surface area contributed by atoms with Gasteiger partial charge < -0.3 is 15.0 Å². The van der Waals surface area contributed by atoms with Gasteiger partial charge in [0.05, 0.1) is 0 Å². The molecule has 0 aromatic heterocycles. The van der Waals surface area contributed by atoms with Gasteiger partial charge in [-0.25, -0.2) is 15.1 Å². The first-order valence-corrected chi connectivity index (χ1v) is 10.8. The number of nitrogens with zero attached hydrogens (tertiary/aromatic N) is 1. The molecule has 3 rings (SSSR count). The molecule has 0 bridgehead atoms. The number of hydrogen-bond acceptors (Lipinski definition) is 4. The molecule has 2 heterocycles. The van der Waals surface area contributed by atoms with Crippen LogP contribution >= 0.6 is 0 Å². The Hall–Kier alpha value is -2.12. The van der Waals surface area contributed by atoms with E-state index in [0.29, 0.717) is 25.5 Å². The van der Waals surface area contributed by atoms with Crippen LogP contribution in [-0.4, -0.2) is 42.8 Å². The van der Waals surface area contributed by atoms with E-state index >= 15 is 0 Å². The summed E-state index contributed by atoms with van der Waals surface area (Å²) in [4.78, 5) is 31.4. The molecule has 2 aliphatic rings. The van der Waals surface area contributed by atoms with E-state index in [-0.39, 0.29) is 18.2 Å². The monoisotopic (exact) mass is 403 g/mol. The van der Waals surface area contributed by atoms with Gasteiger partial charge in [-0.15, -0.1) is 0 Å². The molecule has 7 nitrogen and oxygen atoms in total. The predicted octanol–water partition coefficient (Wildman–Crippen LogP) is 3.35. The van der Waals surface area contributed by atoms with Crippen LogP contribution in [-0.2, 0) is 20.9 Å². The molecule has 29 heavy (non-hydrogen) atoms. The molecule has 2 fully saturated rings. The lowest BCUT2D eigenvalue weighted by Crippen LogP contribution is -2.44. The number of rotatable bonds is 8. The first-order chi connectivity index (χ1) is 14.2. The summed E-state index contributed by atoms with van der Waals surface area (Å²) >= 11 is 0. The van der Waals surface area contributed by atoms with E-state index in [9.17, 15) is 9.59 Å². The van der Waals surface area contributed by atoms with Crippen molar-refractivity contribution in [3.05, 3.63) is 35.9 Å². The molecule has 0 saturated carbocycles. The second kappa shape index (κ2) is 11.8. The van der Waals surface area contributed by atoms with Crippen molar-refractivity contribution in [3.8, 4) is 0 Å². The summed E-state index contributed by atoms with van der Waals surface area (Å²) in [6, 6.07) is 9.95. The van der Waals surface area contributed by atoms with E-state index in [0.717, 1.165) is 63.6 Å². The lowest BCUT2D eigenvalue weighted by molar-refractivity contribution is -0.200. The van der Waals surface area contributed by atoms with E-state index in [2.05, 4.69) is 10.8 Å². The third-order valence-electron chi connectivity index (χ3n) is 5.65. The molecule has 2 aliphatic heterocycles. The standard InChI is InChI=1S/C22H33N3O4/c26-20(24-29-21-11-4-5-16-28-21)10-6-9-18-12-14-25(15-13-18)22(27)23-17-19-7-2-1-3-8-19/h1-3,7-8,18,21H,4-6,9-17H2,(H,23,27)(H,24,26). The van der Waals surface area contributed by atoms with Gasteiger partial charge in [-0.05, 0) is 50.0 Å². The van der Waals surface area contributed by atoms with Crippen molar-refractivity contribution in [1.29, 1.82) is 0 Å². The molecule has 1 aromatic carbocycles. The Morgan fingerprint density at radius 2 is 1.90 bits per heavy atom. The minimum absolute atomic E-state index is 0.00811. The fourth-order valence-corrected chi connectivity index (χ4v) is 3.85. The van der Waals surface area contributed by atoms with Crippen LogP contribution in [0.15, 0.2) is 30.3 Å². The maximum atomic E-state index is 12.3. The Balaban J connectivity index is 1.24. The first-order valence-electron chi connectivity index (χ1n) is 10.8. The summed E-state index contributed by atoms with van der Waals surface area (Å²) in [6.45, 7) is 2.81. The number of amides is 3. The number of piperidine rings is 1. The molecular formula is C22H33N3O4. The molecule has 1 aromatic rings. The number of nitrogens with one attached hydrogen (secondary N) is 2. The number of hydrogen-bond donors (Lipinski definition) is 2. The largest absolute Gasteiger partial charge is 0.350 e. The zero-order valence-corrected chi connectivity index (χ0v) is 17.1. The molecule has 7 heteroatoms. The summed E-state index contributed by atoms with van der Waals surface area (Å²) in [5.41, 5.74) is 3.62. The van der Waals surface area contributed by atoms with Gasteiger partial charge in [-0.2, -0.15) is 0 Å². The number of urea groups is 1. The average molecular weight is 404 g/mol. The van der Waals surface area contributed by atoms with E-state index in [1.54, 1.807) is 0 Å². The highest BCUT2D eigenvalue weighted by Gasteiger charge is 2.22. The molecule has 0 spiro atoms. The van der Waals surface area contributed by atoms with Crippen molar-refractivity contribution in [3.63, 3.8) is 0 Å². The highest BCUT2D eigenvalue weighted by molar-refractivity contribution is 5.74. The van der Waals surface area contributed by atoms with E-state index in [4.69, 9.17) is 9.57 Å². The summed E-state index contributed by atoms with van der Waals surface area (Å²) in [5, 5.41) is 2.99. The van der Waals surface area contributed by atoms with Crippen molar-refractivity contribution in [2.45, 2.75) is 64.2 Å². The number of hydroxylamine groups is 1. The highest BCUT2D eigenvalue weighted by atomic mass is 16.8. The molecule has 2 saturated heterocycles. The number of carbonyl (C=O) groups excluding carboxylic acids is 2. The molecule has 2 N–H and O–H groups in total. The van der Waals surface area contributed by atoms with Crippen LogP contribution in [0.5, 0.6) is 0 Å². The van der Waals surface area contributed by atoms with Gasteiger partial charge in [-0.3, -0.25) is 4.79 Å². The van der Waals surface area contributed by atoms with Gasteiger partial charge in [0.1, 0.15) is 0 Å². The second-order valence-corrected chi connectivity index (χ2v) is 7.91. The number of ether oxygens (including phenoxy) is 1. The number of likely N-dealkylation sites (tertiary alicyclic amines) is 1. The Morgan fingerprint density at radius 1 is 1.10 bits per heavy atom. The fourth-order valence-electron chi connectivity index (χ4n) is 3.85. The molecule has 1 atom stereocenters. The zero-order valence-electron chi connectivity index (χ0n) is 17.1. The maximum Gasteiger partial charge on any atom is 0.317 e. The topological polar surface area (TPSA) is 79.9 Å². The van der Waals surface area contributed by atoms with E-state index in [1.165, 1.54) is 0 Å². The van der Waals surface area contributed by atoms with Crippen LogP contribution in [0.25, 0.3) is 0 Å². The van der Waals surface area contributed by atoms with Crippen LogP contribution in [0.2, 0.25) is 0 Å². The van der Waals surface area contributed by atoms with Crippen LogP contribution < -0.4 is 10.8 Å². The van der Waals surface area contributed by atoms with Crippen LogP contribution in [0.1, 0.15) is 56.9 Å². The molecule has 3 amide bonds. The van der Waals surface area contributed by atoms with Crippen molar-refractivity contribution < 1.29 is 19.2 Å². The summed E-state index contributed by atoms with van der Waals surface area (Å²) in [5.74, 6) is 0.487. The quantitative estimate of drug-likeness (QED) is 0.653. The van der Waals surface area contributed by atoms with Gasteiger partial charge in [0, 0.05) is 39.1 Å². The van der Waals surface area contributed by atoms with Crippen LogP contribution in [0, 0.1) is 5.92 Å². The normalized spacial score (nSPS) is 20.3. The Kier molecular flexibility index (Phi) is 8.77.